The Morgan fingerprint density at radius 3 is 2.30 bits per heavy atom. The van der Waals surface area contributed by atoms with E-state index < -0.39 is 17.1 Å². The van der Waals surface area contributed by atoms with Crippen LogP contribution in [0.3, 0.4) is 0 Å². The number of halogens is 1. The van der Waals surface area contributed by atoms with E-state index in [0.29, 0.717) is 36.2 Å². The largest absolute Gasteiger partial charge is 0.480 e. The summed E-state index contributed by atoms with van der Waals surface area (Å²) < 4.78 is 17.6. The molecule has 2 saturated heterocycles. The molecule has 0 saturated carbocycles. The molecule has 11 nitrogen and oxygen atoms in total. The van der Waals surface area contributed by atoms with Crippen LogP contribution >= 0.6 is 11.6 Å². The van der Waals surface area contributed by atoms with Gasteiger partial charge in [0.15, 0.2) is 11.5 Å². The quantitative estimate of drug-likeness (QED) is 0.201. The van der Waals surface area contributed by atoms with Crippen molar-refractivity contribution in [2.75, 3.05) is 46.9 Å². The molecule has 2 aromatic carbocycles. The first-order chi connectivity index (χ1) is 25.1. The molecule has 3 aromatic rings. The Kier molecular flexibility index (Phi) is 11.8. The van der Waals surface area contributed by atoms with Gasteiger partial charge in [-0.1, -0.05) is 54.9 Å². The molecule has 0 aliphatic carbocycles. The number of hydrogen-bond acceptors (Lipinski definition) is 11. The van der Waals surface area contributed by atoms with Gasteiger partial charge in [0.2, 0.25) is 5.88 Å². The van der Waals surface area contributed by atoms with Crippen molar-refractivity contribution in [1.29, 1.82) is 0 Å². The maximum Gasteiger partial charge on any atom is 0.237 e. The second-order valence-electron chi connectivity index (χ2n) is 15.7. The number of aromatic nitrogens is 2. The number of hydrogen-bond donors (Lipinski definition) is 2. The minimum absolute atomic E-state index is 0.0361. The number of ether oxygens (including phenoxy) is 3. The maximum absolute atomic E-state index is 10.5. The van der Waals surface area contributed by atoms with E-state index in [1.54, 1.807) is 28.1 Å². The van der Waals surface area contributed by atoms with Gasteiger partial charge in [0, 0.05) is 68.7 Å². The predicted molar refractivity (Wildman–Crippen MR) is 210 cm³/mol. The molecule has 4 atom stereocenters. The van der Waals surface area contributed by atoms with E-state index in [2.05, 4.69) is 28.9 Å². The second-order valence-corrected chi connectivity index (χ2v) is 16.1. The van der Waals surface area contributed by atoms with Gasteiger partial charge in [-0.05, 0) is 71.6 Å². The molecule has 4 heterocycles. The third kappa shape index (κ3) is 8.83. The molecule has 4 unspecified atom stereocenters. The number of methoxy groups -OCH3 is 2. The van der Waals surface area contributed by atoms with Crippen molar-refractivity contribution in [2.24, 2.45) is 15.9 Å². The van der Waals surface area contributed by atoms with Crippen LogP contribution in [0.4, 0.5) is 0 Å². The van der Waals surface area contributed by atoms with E-state index in [9.17, 15) is 10.2 Å². The van der Waals surface area contributed by atoms with Crippen molar-refractivity contribution in [1.82, 2.24) is 19.8 Å². The molecule has 0 bridgehead atoms. The van der Waals surface area contributed by atoms with Gasteiger partial charge in [-0.2, -0.15) is 0 Å². The smallest absolute Gasteiger partial charge is 0.237 e. The topological polar surface area (TPSA) is 125 Å². The van der Waals surface area contributed by atoms with E-state index >= 15 is 0 Å². The van der Waals surface area contributed by atoms with E-state index in [4.69, 9.17) is 45.8 Å². The Morgan fingerprint density at radius 1 is 0.943 bits per heavy atom. The fourth-order valence-electron chi connectivity index (χ4n) is 7.84. The molecule has 0 radical (unpaired) electrons. The summed E-state index contributed by atoms with van der Waals surface area (Å²) >= 11 is 7.28. The Morgan fingerprint density at radius 2 is 1.64 bits per heavy atom. The zero-order valence-electron chi connectivity index (χ0n) is 32.4. The zero-order valence-corrected chi connectivity index (χ0v) is 33.2. The normalized spacial score (nSPS) is 24.2. The number of nitrogens with zero attached hydrogens (tertiary/aromatic N) is 6. The number of rotatable bonds is 13. The van der Waals surface area contributed by atoms with Gasteiger partial charge in [0.05, 0.1) is 41.4 Å². The van der Waals surface area contributed by atoms with Crippen LogP contribution in [-0.2, 0) is 22.4 Å². The predicted octanol–water partition coefficient (Wildman–Crippen LogP) is 6.05. The Hall–Kier alpha value is -3.29. The van der Waals surface area contributed by atoms with Gasteiger partial charge in [0.1, 0.15) is 11.7 Å². The molecule has 286 valence electrons. The van der Waals surface area contributed by atoms with Gasteiger partial charge < -0.3 is 24.4 Å². The number of benzene rings is 2. The van der Waals surface area contributed by atoms with Gasteiger partial charge in [0.25, 0.3) is 0 Å². The number of likely N-dealkylation sites (tertiary alicyclic amines) is 2. The van der Waals surface area contributed by atoms with E-state index in [0.717, 1.165) is 78.1 Å². The molecule has 0 spiro atoms. The Bertz CT molecular complexity index is 1840. The molecule has 6 rings (SSSR count). The van der Waals surface area contributed by atoms with Gasteiger partial charge in [-0.15, -0.1) is 0 Å². The molecule has 3 aliphatic heterocycles. The van der Waals surface area contributed by atoms with Crippen LogP contribution in [0.5, 0.6) is 5.88 Å². The highest BCUT2D eigenvalue weighted by Crippen LogP contribution is 2.39. The molecule has 0 amide bonds. The fourth-order valence-corrected chi connectivity index (χ4v) is 8.17. The summed E-state index contributed by atoms with van der Waals surface area (Å²) in [7, 11) is 3.30. The highest BCUT2D eigenvalue weighted by Gasteiger charge is 2.40. The van der Waals surface area contributed by atoms with Crippen LogP contribution < -0.4 is 4.74 Å². The van der Waals surface area contributed by atoms with Crippen LogP contribution in [0.1, 0.15) is 71.2 Å². The minimum Gasteiger partial charge on any atom is -0.480 e. The first kappa shape index (κ1) is 39.4. The molecule has 12 heteroatoms. The Labute approximate surface area is 319 Å². The number of aliphatic imine (C=N–C) groups is 2. The van der Waals surface area contributed by atoms with Crippen LogP contribution in [0.25, 0.3) is 22.4 Å². The van der Waals surface area contributed by atoms with Crippen molar-refractivity contribution >= 4 is 23.5 Å². The molecule has 2 N–H and O–H groups in total. The number of aliphatic hydroxyl groups is 2. The summed E-state index contributed by atoms with van der Waals surface area (Å²) in [6.07, 6.45) is 6.14. The van der Waals surface area contributed by atoms with E-state index in [-0.39, 0.29) is 18.1 Å². The van der Waals surface area contributed by atoms with Crippen LogP contribution in [-0.4, -0.2) is 118 Å². The average molecular weight is 747 g/mol. The summed E-state index contributed by atoms with van der Waals surface area (Å²) in [5.74, 6) is -0.444. The summed E-state index contributed by atoms with van der Waals surface area (Å²) in [6.45, 7) is 15.7. The first-order valence-electron chi connectivity index (χ1n) is 18.7. The summed E-state index contributed by atoms with van der Waals surface area (Å²) in [5, 5.41) is 21.2. The second kappa shape index (κ2) is 15.8. The molecule has 53 heavy (non-hydrogen) atoms. The fraction of sp³-hybridized carbons (Fsp3) is 0.561. The van der Waals surface area contributed by atoms with E-state index in [1.165, 1.54) is 0 Å². The minimum atomic E-state index is -1.16. The van der Waals surface area contributed by atoms with Crippen molar-refractivity contribution < 1.29 is 24.4 Å². The van der Waals surface area contributed by atoms with Gasteiger partial charge in [-0.3, -0.25) is 19.8 Å². The average Bonchev–Trinajstić information content (AvgIpc) is 3.78. The molecular weight excluding hydrogens is 692 g/mol. The van der Waals surface area contributed by atoms with Crippen LogP contribution in [0, 0.1) is 5.92 Å². The monoisotopic (exact) mass is 746 g/mol. The molecular formula is C41H55ClN6O5. The van der Waals surface area contributed by atoms with Crippen LogP contribution in [0.2, 0.25) is 5.02 Å². The third-order valence-electron chi connectivity index (χ3n) is 10.9. The van der Waals surface area contributed by atoms with Crippen molar-refractivity contribution in [3.8, 4) is 28.3 Å². The standard InChI is InChI=1S/C41H55ClN6O5/c1-9-28-29(12-10-13-30(28)33-20-43-35(38(45-33)51-7)24-47-18-16-26(22-47)39(2,3)49)31-14-11-15-32(37(31)42)34-21-44-36(41(6,46-34)52-8)25-48-19-17-27(23-48)53-40(4,5)50/h10-15,20-21,26-27,36,49-50H,9,16-19,22-25H2,1-8H3. The highest BCUT2D eigenvalue weighted by molar-refractivity contribution is 6.45. The lowest BCUT2D eigenvalue weighted by atomic mass is 9.90. The molecule has 2 fully saturated rings. The lowest BCUT2D eigenvalue weighted by Gasteiger charge is -2.36. The lowest BCUT2D eigenvalue weighted by Crippen LogP contribution is -2.48. The third-order valence-corrected chi connectivity index (χ3v) is 11.3. The maximum atomic E-state index is 10.5. The lowest BCUT2D eigenvalue weighted by molar-refractivity contribution is -0.202. The summed E-state index contributed by atoms with van der Waals surface area (Å²) in [5.41, 5.74) is 5.31. The summed E-state index contributed by atoms with van der Waals surface area (Å²) in [6, 6.07) is 12.0. The Balaban J connectivity index is 1.24. The summed E-state index contributed by atoms with van der Waals surface area (Å²) in [4.78, 5) is 24.5. The molecule has 3 aliphatic rings. The van der Waals surface area contributed by atoms with E-state index in [1.807, 2.05) is 57.4 Å². The van der Waals surface area contributed by atoms with Crippen molar-refractivity contribution in [3.05, 3.63) is 64.4 Å². The van der Waals surface area contributed by atoms with Gasteiger partial charge in [-0.25, -0.2) is 9.98 Å². The van der Waals surface area contributed by atoms with Gasteiger partial charge >= 0.3 is 0 Å². The first-order valence-corrected chi connectivity index (χ1v) is 19.1. The van der Waals surface area contributed by atoms with Crippen LogP contribution in [0.15, 0.2) is 52.6 Å². The van der Waals surface area contributed by atoms with Crippen molar-refractivity contribution in [3.63, 3.8) is 0 Å². The SMILES string of the molecule is CCc1c(-c2cnc(CN3CCC(C(C)(C)O)C3)c(OC)n2)cccc1-c1cccc(C2=NC(C)(OC)C(CN3CCC(OC(C)(C)O)C3)N=C2)c1Cl. The van der Waals surface area contributed by atoms with Crippen molar-refractivity contribution in [2.45, 2.75) is 96.6 Å². The molecule has 1 aromatic heterocycles. The zero-order chi connectivity index (χ0) is 38.1. The highest BCUT2D eigenvalue weighted by atomic mass is 35.5.